The van der Waals surface area contributed by atoms with Gasteiger partial charge in [0, 0.05) is 11.3 Å². The molecule has 0 spiro atoms. The number of nitrogen functional groups attached to an aromatic ring is 1. The molecule has 0 unspecified atom stereocenters. The van der Waals surface area contributed by atoms with Gasteiger partial charge in [0.15, 0.2) is 0 Å². The van der Waals surface area contributed by atoms with E-state index in [2.05, 4.69) is 0 Å². The SMILES string of the molecule is CC1(C)OB(c2ccc(/C=C(\N)Cl)c(N)c2)OC1(C)C. The van der Waals surface area contributed by atoms with Gasteiger partial charge in [-0.05, 0) is 45.3 Å². The van der Waals surface area contributed by atoms with Gasteiger partial charge in [-0.1, -0.05) is 23.7 Å². The molecule has 1 aromatic rings. The minimum atomic E-state index is -0.423. The number of rotatable bonds is 2. The van der Waals surface area contributed by atoms with Gasteiger partial charge in [0.1, 0.15) is 0 Å². The zero-order valence-corrected chi connectivity index (χ0v) is 13.0. The van der Waals surface area contributed by atoms with Gasteiger partial charge in [-0.15, -0.1) is 0 Å². The Hall–Kier alpha value is -1.17. The lowest BCUT2D eigenvalue weighted by molar-refractivity contribution is 0.00578. The van der Waals surface area contributed by atoms with E-state index in [1.165, 1.54) is 0 Å². The summed E-state index contributed by atoms with van der Waals surface area (Å²) >= 11 is 5.66. The summed E-state index contributed by atoms with van der Waals surface area (Å²) in [6, 6.07) is 5.59. The largest absolute Gasteiger partial charge is 0.494 e. The Bertz CT molecular complexity index is 538. The Kier molecular flexibility index (Phi) is 3.80. The minimum absolute atomic E-state index is 0.195. The first-order valence-electron chi connectivity index (χ1n) is 6.50. The molecular weight excluding hydrogens is 274 g/mol. The first kappa shape index (κ1) is 15.2. The first-order chi connectivity index (χ1) is 9.12. The molecule has 6 heteroatoms. The molecule has 4 nitrogen and oxygen atoms in total. The zero-order chi connectivity index (χ0) is 15.1. The van der Waals surface area contributed by atoms with Gasteiger partial charge in [0.25, 0.3) is 0 Å². The maximum atomic E-state index is 6.00. The standard InChI is InChI=1S/C14H20BClN2O2/c1-13(2)14(3,4)20-15(19-13)10-6-5-9(7-12(16)18)11(17)8-10/h5-8H,17-18H2,1-4H3/b12-7-. The predicted molar refractivity (Wildman–Crippen MR) is 84.6 cm³/mol. The summed E-state index contributed by atoms with van der Waals surface area (Å²) in [6.45, 7) is 8.06. The van der Waals surface area contributed by atoms with Crippen molar-refractivity contribution in [3.63, 3.8) is 0 Å². The van der Waals surface area contributed by atoms with Gasteiger partial charge in [0.05, 0.1) is 16.4 Å². The van der Waals surface area contributed by atoms with Crippen LogP contribution in [-0.2, 0) is 9.31 Å². The third-order valence-corrected chi connectivity index (χ3v) is 4.04. The predicted octanol–water partition coefficient (Wildman–Crippen LogP) is 2.06. The second-order valence-corrected chi connectivity index (χ2v) is 6.44. The summed E-state index contributed by atoms with van der Waals surface area (Å²) in [5.41, 5.74) is 13.0. The van der Waals surface area contributed by atoms with Crippen LogP contribution in [0.5, 0.6) is 0 Å². The molecule has 0 atom stereocenters. The van der Waals surface area contributed by atoms with E-state index >= 15 is 0 Å². The monoisotopic (exact) mass is 294 g/mol. The van der Waals surface area contributed by atoms with Crippen LogP contribution >= 0.6 is 11.6 Å². The quantitative estimate of drug-likeness (QED) is 0.498. The Balaban J connectivity index is 2.28. The molecule has 4 N–H and O–H groups in total. The van der Waals surface area contributed by atoms with Gasteiger partial charge in [0.2, 0.25) is 0 Å². The van der Waals surface area contributed by atoms with E-state index in [1.807, 2.05) is 45.9 Å². The summed E-state index contributed by atoms with van der Waals surface area (Å²) in [5, 5.41) is 0.195. The highest BCUT2D eigenvalue weighted by Gasteiger charge is 2.51. The third kappa shape index (κ3) is 2.80. The van der Waals surface area contributed by atoms with E-state index in [4.69, 9.17) is 32.4 Å². The molecule has 2 rings (SSSR count). The molecule has 0 saturated carbocycles. The van der Waals surface area contributed by atoms with Crippen LogP contribution in [0.15, 0.2) is 23.4 Å². The molecule has 0 radical (unpaired) electrons. The normalized spacial score (nSPS) is 21.2. The fourth-order valence-corrected chi connectivity index (χ4v) is 2.12. The summed E-state index contributed by atoms with van der Waals surface area (Å²) < 4.78 is 12.0. The lowest BCUT2D eigenvalue weighted by atomic mass is 9.78. The summed E-state index contributed by atoms with van der Waals surface area (Å²) in [4.78, 5) is 0. The van der Waals surface area contributed by atoms with E-state index in [0.29, 0.717) is 5.69 Å². The molecule has 1 heterocycles. The molecule has 1 aromatic carbocycles. The van der Waals surface area contributed by atoms with E-state index in [-0.39, 0.29) is 16.4 Å². The number of hydrogen-bond acceptors (Lipinski definition) is 4. The fraction of sp³-hybridized carbons (Fsp3) is 0.429. The van der Waals surface area contributed by atoms with Crippen LogP contribution in [0.4, 0.5) is 5.69 Å². The zero-order valence-electron chi connectivity index (χ0n) is 12.2. The van der Waals surface area contributed by atoms with Crippen molar-refractivity contribution >= 4 is 35.9 Å². The van der Waals surface area contributed by atoms with Crippen LogP contribution < -0.4 is 16.9 Å². The average Bonchev–Trinajstić information content (AvgIpc) is 2.50. The third-order valence-electron chi connectivity index (χ3n) is 3.93. The van der Waals surface area contributed by atoms with Crippen LogP contribution in [-0.4, -0.2) is 18.3 Å². The Morgan fingerprint density at radius 1 is 1.20 bits per heavy atom. The topological polar surface area (TPSA) is 70.5 Å². The molecule has 1 saturated heterocycles. The van der Waals surface area contributed by atoms with Crippen LogP contribution in [0.1, 0.15) is 33.3 Å². The van der Waals surface area contributed by atoms with Crippen molar-refractivity contribution in [2.75, 3.05) is 5.73 Å². The highest BCUT2D eigenvalue weighted by atomic mass is 35.5. The number of benzene rings is 1. The van der Waals surface area contributed by atoms with Crippen LogP contribution in [0, 0.1) is 0 Å². The molecular formula is C14H20BClN2O2. The lowest BCUT2D eigenvalue weighted by Gasteiger charge is -2.32. The van der Waals surface area contributed by atoms with E-state index < -0.39 is 7.12 Å². The minimum Gasteiger partial charge on any atom is -0.399 e. The first-order valence-corrected chi connectivity index (χ1v) is 6.88. The van der Waals surface area contributed by atoms with Gasteiger partial charge in [-0.2, -0.15) is 0 Å². The number of halogens is 1. The molecule has 0 aliphatic carbocycles. The van der Waals surface area contributed by atoms with Gasteiger partial charge >= 0.3 is 7.12 Å². The summed E-state index contributed by atoms with van der Waals surface area (Å²) in [7, 11) is -0.423. The highest BCUT2D eigenvalue weighted by Crippen LogP contribution is 2.36. The Labute approximate surface area is 125 Å². The van der Waals surface area contributed by atoms with Crippen molar-refractivity contribution in [3.05, 3.63) is 28.9 Å². The van der Waals surface area contributed by atoms with Gasteiger partial charge in [-0.3, -0.25) is 0 Å². The molecule has 1 aliphatic heterocycles. The van der Waals surface area contributed by atoms with Crippen LogP contribution in [0.2, 0.25) is 0 Å². The maximum Gasteiger partial charge on any atom is 0.494 e. The second kappa shape index (κ2) is 4.99. The smallest absolute Gasteiger partial charge is 0.399 e. The number of nitrogens with two attached hydrogens (primary N) is 2. The van der Waals surface area contributed by atoms with Crippen molar-refractivity contribution in [1.82, 2.24) is 0 Å². The summed E-state index contributed by atoms with van der Waals surface area (Å²) in [5.74, 6) is 0. The molecule has 1 fully saturated rings. The lowest BCUT2D eigenvalue weighted by Crippen LogP contribution is -2.41. The Morgan fingerprint density at radius 3 is 2.20 bits per heavy atom. The Morgan fingerprint density at radius 2 is 1.75 bits per heavy atom. The van der Waals surface area contributed by atoms with Crippen molar-refractivity contribution < 1.29 is 9.31 Å². The van der Waals surface area contributed by atoms with Crippen molar-refractivity contribution in [2.45, 2.75) is 38.9 Å². The van der Waals surface area contributed by atoms with E-state index in [9.17, 15) is 0 Å². The molecule has 0 aromatic heterocycles. The van der Waals surface area contributed by atoms with E-state index in [1.54, 1.807) is 6.08 Å². The molecule has 108 valence electrons. The van der Waals surface area contributed by atoms with E-state index in [0.717, 1.165) is 11.0 Å². The van der Waals surface area contributed by atoms with Crippen LogP contribution in [0.3, 0.4) is 0 Å². The molecule has 0 amide bonds. The number of hydrogen-bond donors (Lipinski definition) is 2. The molecule has 1 aliphatic rings. The maximum absolute atomic E-state index is 6.00. The van der Waals surface area contributed by atoms with Crippen molar-refractivity contribution in [2.24, 2.45) is 5.73 Å². The van der Waals surface area contributed by atoms with Crippen LogP contribution in [0.25, 0.3) is 6.08 Å². The van der Waals surface area contributed by atoms with Gasteiger partial charge < -0.3 is 20.8 Å². The van der Waals surface area contributed by atoms with Gasteiger partial charge in [-0.25, -0.2) is 0 Å². The molecule has 20 heavy (non-hydrogen) atoms. The summed E-state index contributed by atoms with van der Waals surface area (Å²) in [6.07, 6.45) is 1.62. The van der Waals surface area contributed by atoms with Crippen molar-refractivity contribution in [3.8, 4) is 0 Å². The fourth-order valence-electron chi connectivity index (χ4n) is 2.00. The second-order valence-electron chi connectivity index (χ2n) is 6.01. The average molecular weight is 295 g/mol. The number of anilines is 1. The highest BCUT2D eigenvalue weighted by molar-refractivity contribution is 6.62. The molecule has 0 bridgehead atoms. The van der Waals surface area contributed by atoms with Crippen molar-refractivity contribution in [1.29, 1.82) is 0 Å².